The van der Waals surface area contributed by atoms with Gasteiger partial charge in [-0.25, -0.2) is 4.98 Å². The molecular weight excluding hydrogens is 279 g/mol. The number of nitrogens with zero attached hydrogens (tertiary/aromatic N) is 1. The lowest BCUT2D eigenvalue weighted by Gasteiger charge is -2.11. The largest absolute Gasteiger partial charge is 0.416 e. The van der Waals surface area contributed by atoms with E-state index in [1.165, 1.54) is 6.07 Å². The number of nitrogens with one attached hydrogen (secondary N) is 1. The maximum atomic E-state index is 12.5. The summed E-state index contributed by atoms with van der Waals surface area (Å²) in [5.41, 5.74) is 5.63. The van der Waals surface area contributed by atoms with Crippen LogP contribution in [-0.2, 0) is 6.18 Å². The lowest BCUT2D eigenvalue weighted by atomic mass is 10.2. The summed E-state index contributed by atoms with van der Waals surface area (Å²) in [6, 6.07) is 6.45. The normalized spacial score (nSPS) is 11.4. The van der Waals surface area contributed by atoms with Crippen molar-refractivity contribution in [1.29, 1.82) is 0 Å². The fourth-order valence-electron chi connectivity index (χ4n) is 1.45. The number of nitrogen functional groups attached to an aromatic ring is 1. The first kappa shape index (κ1) is 13.5. The van der Waals surface area contributed by atoms with E-state index < -0.39 is 11.7 Å². The van der Waals surface area contributed by atoms with E-state index in [2.05, 4.69) is 10.3 Å². The molecule has 0 aliphatic rings. The topological polar surface area (TPSA) is 50.9 Å². The van der Waals surface area contributed by atoms with Gasteiger partial charge in [0.05, 0.1) is 16.3 Å². The van der Waals surface area contributed by atoms with Gasteiger partial charge < -0.3 is 11.1 Å². The molecular formula is C12H9ClF3N3. The van der Waals surface area contributed by atoms with Gasteiger partial charge in [0.2, 0.25) is 0 Å². The summed E-state index contributed by atoms with van der Waals surface area (Å²) in [5.74, 6) is 0.0438. The zero-order valence-corrected chi connectivity index (χ0v) is 10.3. The summed E-state index contributed by atoms with van der Waals surface area (Å²) in [6.45, 7) is 0. The van der Waals surface area contributed by atoms with Gasteiger partial charge in [0.25, 0.3) is 0 Å². The van der Waals surface area contributed by atoms with E-state index in [1.807, 2.05) is 0 Å². The minimum Gasteiger partial charge on any atom is -0.399 e. The summed E-state index contributed by atoms with van der Waals surface area (Å²) in [7, 11) is 0. The smallest absolute Gasteiger partial charge is 0.399 e. The zero-order valence-electron chi connectivity index (χ0n) is 9.50. The minimum atomic E-state index is -4.42. The van der Waals surface area contributed by atoms with E-state index >= 15 is 0 Å². The highest BCUT2D eigenvalue weighted by Crippen LogP contribution is 2.32. The van der Waals surface area contributed by atoms with Crippen molar-refractivity contribution in [3.63, 3.8) is 0 Å². The van der Waals surface area contributed by atoms with Gasteiger partial charge in [-0.05, 0) is 30.3 Å². The van der Waals surface area contributed by atoms with Gasteiger partial charge in [-0.3, -0.25) is 0 Å². The Labute approximate surface area is 112 Å². The first-order chi connectivity index (χ1) is 8.86. The second-order valence-corrected chi connectivity index (χ2v) is 4.20. The lowest BCUT2D eigenvalue weighted by molar-refractivity contribution is -0.137. The fraction of sp³-hybridized carbons (Fsp3) is 0.0833. The Morgan fingerprint density at radius 3 is 2.58 bits per heavy atom. The Kier molecular flexibility index (Phi) is 3.53. The van der Waals surface area contributed by atoms with Crippen molar-refractivity contribution in [2.45, 2.75) is 6.18 Å². The average molecular weight is 288 g/mol. The number of benzene rings is 1. The standard InChI is InChI=1S/C12H9ClF3N3/c13-9-2-1-8(17)6-10(9)19-11-5-7(3-4-18-11)12(14,15)16/h1-6H,17H2,(H,18,19). The Hall–Kier alpha value is -1.95. The molecule has 19 heavy (non-hydrogen) atoms. The number of pyridine rings is 1. The molecule has 0 saturated carbocycles. The van der Waals surface area contributed by atoms with Crippen LogP contribution in [0.2, 0.25) is 5.02 Å². The molecule has 3 nitrogen and oxygen atoms in total. The van der Waals surface area contributed by atoms with Crippen molar-refractivity contribution in [3.8, 4) is 0 Å². The van der Waals surface area contributed by atoms with Crippen LogP contribution >= 0.6 is 11.6 Å². The minimum absolute atomic E-state index is 0.0438. The maximum absolute atomic E-state index is 12.5. The molecule has 0 amide bonds. The van der Waals surface area contributed by atoms with Crippen molar-refractivity contribution in [1.82, 2.24) is 4.98 Å². The lowest BCUT2D eigenvalue weighted by Crippen LogP contribution is -2.06. The van der Waals surface area contributed by atoms with Crippen LogP contribution in [0.3, 0.4) is 0 Å². The number of alkyl halides is 3. The first-order valence-corrected chi connectivity index (χ1v) is 5.59. The molecule has 0 spiro atoms. The van der Waals surface area contributed by atoms with Crippen molar-refractivity contribution in [2.75, 3.05) is 11.1 Å². The molecule has 0 unspecified atom stereocenters. The second kappa shape index (κ2) is 4.97. The van der Waals surface area contributed by atoms with Gasteiger partial charge in [0, 0.05) is 11.9 Å². The van der Waals surface area contributed by atoms with Crippen LogP contribution in [0.1, 0.15) is 5.56 Å². The van der Waals surface area contributed by atoms with E-state index in [1.54, 1.807) is 12.1 Å². The van der Waals surface area contributed by atoms with Gasteiger partial charge >= 0.3 is 6.18 Å². The molecule has 0 aliphatic heterocycles. The Bertz CT molecular complexity index is 599. The van der Waals surface area contributed by atoms with Crippen LogP contribution in [0.25, 0.3) is 0 Å². The third kappa shape index (κ3) is 3.29. The molecule has 0 fully saturated rings. The Morgan fingerprint density at radius 2 is 1.89 bits per heavy atom. The highest BCUT2D eigenvalue weighted by molar-refractivity contribution is 6.33. The zero-order chi connectivity index (χ0) is 14.0. The molecule has 0 atom stereocenters. The van der Waals surface area contributed by atoms with E-state index in [-0.39, 0.29) is 5.82 Å². The number of hydrogen-bond donors (Lipinski definition) is 2. The van der Waals surface area contributed by atoms with Crippen molar-refractivity contribution in [3.05, 3.63) is 47.1 Å². The van der Waals surface area contributed by atoms with E-state index in [0.717, 1.165) is 18.3 Å². The molecule has 1 aromatic heterocycles. The molecule has 3 N–H and O–H groups in total. The number of anilines is 3. The number of aromatic nitrogens is 1. The molecule has 0 radical (unpaired) electrons. The molecule has 0 bridgehead atoms. The van der Waals surface area contributed by atoms with Gasteiger partial charge in [0.15, 0.2) is 0 Å². The summed E-state index contributed by atoms with van der Waals surface area (Å²) in [4.78, 5) is 3.81. The Balaban J connectivity index is 2.31. The van der Waals surface area contributed by atoms with Gasteiger partial charge in [-0.1, -0.05) is 11.6 Å². The fourth-order valence-corrected chi connectivity index (χ4v) is 1.62. The number of hydrogen-bond acceptors (Lipinski definition) is 3. The first-order valence-electron chi connectivity index (χ1n) is 5.21. The molecule has 1 heterocycles. The molecule has 1 aromatic carbocycles. The van der Waals surface area contributed by atoms with Crippen LogP contribution in [0.4, 0.5) is 30.4 Å². The van der Waals surface area contributed by atoms with Crippen LogP contribution in [0.15, 0.2) is 36.5 Å². The second-order valence-electron chi connectivity index (χ2n) is 3.79. The molecule has 7 heteroatoms. The monoisotopic (exact) mass is 287 g/mol. The third-order valence-corrected chi connectivity index (χ3v) is 2.67. The quantitative estimate of drug-likeness (QED) is 0.818. The highest BCUT2D eigenvalue weighted by Gasteiger charge is 2.30. The van der Waals surface area contributed by atoms with Crippen LogP contribution < -0.4 is 11.1 Å². The SMILES string of the molecule is Nc1ccc(Cl)c(Nc2cc(C(F)(F)F)ccn2)c1. The molecule has 0 aliphatic carbocycles. The summed E-state index contributed by atoms with van der Waals surface area (Å²) in [5, 5.41) is 3.04. The van der Waals surface area contributed by atoms with Gasteiger partial charge in [0.1, 0.15) is 5.82 Å². The van der Waals surface area contributed by atoms with E-state index in [9.17, 15) is 13.2 Å². The third-order valence-electron chi connectivity index (χ3n) is 2.34. The number of rotatable bonds is 2. The number of halogens is 4. The molecule has 2 rings (SSSR count). The van der Waals surface area contributed by atoms with Crippen molar-refractivity contribution < 1.29 is 13.2 Å². The van der Waals surface area contributed by atoms with Gasteiger partial charge in [-0.15, -0.1) is 0 Å². The average Bonchev–Trinajstić information content (AvgIpc) is 2.33. The predicted octanol–water partition coefficient (Wildman–Crippen LogP) is 4.08. The molecule has 0 saturated heterocycles. The van der Waals surface area contributed by atoms with E-state index in [0.29, 0.717) is 16.4 Å². The van der Waals surface area contributed by atoms with Crippen LogP contribution in [0, 0.1) is 0 Å². The molecule has 100 valence electrons. The summed E-state index contributed by atoms with van der Waals surface area (Å²) in [6.07, 6.45) is -3.34. The highest BCUT2D eigenvalue weighted by atomic mass is 35.5. The van der Waals surface area contributed by atoms with Crippen LogP contribution in [-0.4, -0.2) is 4.98 Å². The van der Waals surface area contributed by atoms with Crippen molar-refractivity contribution in [2.24, 2.45) is 0 Å². The van der Waals surface area contributed by atoms with Crippen molar-refractivity contribution >= 4 is 28.8 Å². The summed E-state index contributed by atoms with van der Waals surface area (Å²) >= 11 is 5.91. The van der Waals surface area contributed by atoms with Crippen LogP contribution in [0.5, 0.6) is 0 Å². The maximum Gasteiger partial charge on any atom is 0.416 e. The number of nitrogens with two attached hydrogens (primary N) is 1. The molecule has 2 aromatic rings. The van der Waals surface area contributed by atoms with E-state index in [4.69, 9.17) is 17.3 Å². The predicted molar refractivity (Wildman–Crippen MR) is 68.4 cm³/mol. The summed E-state index contributed by atoms with van der Waals surface area (Å²) < 4.78 is 37.6. The Morgan fingerprint density at radius 1 is 1.16 bits per heavy atom. The van der Waals surface area contributed by atoms with Gasteiger partial charge in [-0.2, -0.15) is 13.2 Å².